The van der Waals surface area contributed by atoms with Gasteiger partial charge in [0.2, 0.25) is 0 Å². The molecule has 2 rings (SSSR count). The summed E-state index contributed by atoms with van der Waals surface area (Å²) in [6.45, 7) is 0. The Morgan fingerprint density at radius 3 is 2.56 bits per heavy atom. The van der Waals surface area contributed by atoms with E-state index >= 15 is 0 Å². The molecule has 16 heavy (non-hydrogen) atoms. The third-order valence-electron chi connectivity index (χ3n) is 3.22. The number of methoxy groups -OCH3 is 1. The molecule has 0 spiro atoms. The van der Waals surface area contributed by atoms with E-state index in [0.29, 0.717) is 17.2 Å². The van der Waals surface area contributed by atoms with E-state index in [1.807, 2.05) is 0 Å². The first-order chi connectivity index (χ1) is 7.22. The minimum absolute atomic E-state index is 0. The van der Waals surface area contributed by atoms with Crippen molar-refractivity contribution in [2.75, 3.05) is 7.11 Å². The zero-order valence-corrected chi connectivity index (χ0v) is 10.1. The topological polar surface area (TPSA) is 35.2 Å². The summed E-state index contributed by atoms with van der Waals surface area (Å²) in [6.07, 6.45) is 3.45. The van der Waals surface area contributed by atoms with Crippen molar-refractivity contribution in [2.45, 2.75) is 25.3 Å². The number of rotatable bonds is 3. The minimum atomic E-state index is -0.256. The molecule has 0 radical (unpaired) electrons. The lowest BCUT2D eigenvalue weighted by molar-refractivity contribution is 0.260. The standard InChI is InChI=1S/C12H16FNO.ClH/c1-15-9-5-6-10(11(13)7-9)12(14)8-3-2-4-8;/h5-8,12H,2-4,14H2,1H3;1H/t12-;/m0./s1. The minimum Gasteiger partial charge on any atom is -0.497 e. The average molecular weight is 246 g/mol. The third kappa shape index (κ3) is 2.47. The van der Waals surface area contributed by atoms with Gasteiger partial charge in [0.1, 0.15) is 11.6 Å². The van der Waals surface area contributed by atoms with Gasteiger partial charge in [-0.05, 0) is 24.8 Å². The fraction of sp³-hybridized carbons (Fsp3) is 0.500. The second-order valence-electron chi connectivity index (χ2n) is 4.10. The number of nitrogens with two attached hydrogens (primary N) is 1. The lowest BCUT2D eigenvalue weighted by Gasteiger charge is -2.31. The molecule has 0 heterocycles. The van der Waals surface area contributed by atoms with Gasteiger partial charge in [0, 0.05) is 17.7 Å². The molecular formula is C12H17ClFNO. The molecule has 4 heteroatoms. The molecule has 0 aromatic heterocycles. The highest BCUT2D eigenvalue weighted by Gasteiger charge is 2.27. The highest BCUT2D eigenvalue weighted by atomic mass is 35.5. The third-order valence-corrected chi connectivity index (χ3v) is 3.22. The van der Waals surface area contributed by atoms with Crippen molar-refractivity contribution in [2.24, 2.45) is 11.7 Å². The predicted molar refractivity (Wildman–Crippen MR) is 64.5 cm³/mol. The van der Waals surface area contributed by atoms with Crippen LogP contribution in [0.1, 0.15) is 30.9 Å². The summed E-state index contributed by atoms with van der Waals surface area (Å²) < 4.78 is 18.6. The highest BCUT2D eigenvalue weighted by Crippen LogP contribution is 2.37. The van der Waals surface area contributed by atoms with Crippen LogP contribution < -0.4 is 10.5 Å². The molecule has 1 saturated carbocycles. The molecule has 1 aliphatic rings. The van der Waals surface area contributed by atoms with Crippen molar-refractivity contribution in [3.8, 4) is 5.75 Å². The van der Waals surface area contributed by atoms with Crippen LogP contribution in [-0.4, -0.2) is 7.11 Å². The molecule has 0 bridgehead atoms. The van der Waals surface area contributed by atoms with E-state index in [1.165, 1.54) is 19.6 Å². The van der Waals surface area contributed by atoms with Gasteiger partial charge in [-0.2, -0.15) is 0 Å². The quantitative estimate of drug-likeness (QED) is 0.888. The summed E-state index contributed by atoms with van der Waals surface area (Å²) in [4.78, 5) is 0. The van der Waals surface area contributed by atoms with E-state index in [4.69, 9.17) is 10.5 Å². The lowest BCUT2D eigenvalue weighted by atomic mass is 9.77. The van der Waals surface area contributed by atoms with Gasteiger partial charge in [-0.3, -0.25) is 0 Å². The fourth-order valence-electron chi connectivity index (χ4n) is 1.96. The van der Waals surface area contributed by atoms with Gasteiger partial charge in [-0.1, -0.05) is 12.5 Å². The highest BCUT2D eigenvalue weighted by molar-refractivity contribution is 5.85. The van der Waals surface area contributed by atoms with E-state index in [1.54, 1.807) is 12.1 Å². The average Bonchev–Trinajstić information content (AvgIpc) is 2.14. The largest absolute Gasteiger partial charge is 0.497 e. The summed E-state index contributed by atoms with van der Waals surface area (Å²) >= 11 is 0. The van der Waals surface area contributed by atoms with Crippen molar-refractivity contribution in [3.05, 3.63) is 29.6 Å². The van der Waals surface area contributed by atoms with Crippen molar-refractivity contribution in [1.29, 1.82) is 0 Å². The SMILES string of the molecule is COc1ccc([C@@H](N)C2CCC2)c(F)c1.Cl. The van der Waals surface area contributed by atoms with Gasteiger partial charge in [0.05, 0.1) is 7.11 Å². The molecule has 2 nitrogen and oxygen atoms in total. The lowest BCUT2D eigenvalue weighted by Crippen LogP contribution is -2.27. The fourth-order valence-corrected chi connectivity index (χ4v) is 1.96. The van der Waals surface area contributed by atoms with Gasteiger partial charge in [0.15, 0.2) is 0 Å². The number of halogens is 2. The van der Waals surface area contributed by atoms with E-state index in [-0.39, 0.29) is 24.3 Å². The van der Waals surface area contributed by atoms with Gasteiger partial charge >= 0.3 is 0 Å². The number of ether oxygens (including phenoxy) is 1. The Bertz CT molecular complexity index is 355. The van der Waals surface area contributed by atoms with Crippen molar-refractivity contribution in [3.63, 3.8) is 0 Å². The summed E-state index contributed by atoms with van der Waals surface area (Å²) in [5, 5.41) is 0. The molecule has 1 aromatic carbocycles. The van der Waals surface area contributed by atoms with Gasteiger partial charge < -0.3 is 10.5 Å². The normalized spacial score (nSPS) is 17.2. The molecule has 1 atom stereocenters. The Morgan fingerprint density at radius 1 is 1.44 bits per heavy atom. The van der Waals surface area contributed by atoms with Gasteiger partial charge in [-0.15, -0.1) is 12.4 Å². The molecule has 0 saturated heterocycles. The maximum Gasteiger partial charge on any atom is 0.131 e. The van der Waals surface area contributed by atoms with Crippen LogP contribution in [0.5, 0.6) is 5.75 Å². The summed E-state index contributed by atoms with van der Waals surface area (Å²) in [5.41, 5.74) is 6.62. The molecule has 2 N–H and O–H groups in total. The van der Waals surface area contributed by atoms with Crippen LogP contribution in [0.15, 0.2) is 18.2 Å². The maximum atomic E-state index is 13.6. The second kappa shape index (κ2) is 5.51. The predicted octanol–water partition coefficient (Wildman–Crippen LogP) is 3.06. The Labute approximate surface area is 101 Å². The van der Waals surface area contributed by atoms with E-state index < -0.39 is 0 Å². The van der Waals surface area contributed by atoms with Crippen molar-refractivity contribution < 1.29 is 9.13 Å². The summed E-state index contributed by atoms with van der Waals surface area (Å²) in [6, 6.07) is 4.73. The second-order valence-corrected chi connectivity index (χ2v) is 4.10. The number of hydrogen-bond acceptors (Lipinski definition) is 2. The zero-order chi connectivity index (χ0) is 10.8. The van der Waals surface area contributed by atoms with Crippen LogP contribution in [0.4, 0.5) is 4.39 Å². The van der Waals surface area contributed by atoms with Crippen molar-refractivity contribution in [1.82, 2.24) is 0 Å². The van der Waals surface area contributed by atoms with Gasteiger partial charge in [-0.25, -0.2) is 4.39 Å². The molecule has 0 unspecified atom stereocenters. The number of hydrogen-bond donors (Lipinski definition) is 1. The first kappa shape index (κ1) is 13.3. The molecule has 1 aromatic rings. The molecule has 1 aliphatic carbocycles. The van der Waals surface area contributed by atoms with Crippen LogP contribution in [0.25, 0.3) is 0 Å². The maximum absolute atomic E-state index is 13.6. The smallest absolute Gasteiger partial charge is 0.131 e. The van der Waals surface area contributed by atoms with Gasteiger partial charge in [0.25, 0.3) is 0 Å². The Kier molecular flexibility index (Phi) is 4.56. The zero-order valence-electron chi connectivity index (χ0n) is 9.28. The van der Waals surface area contributed by atoms with E-state index in [9.17, 15) is 4.39 Å². The Hall–Kier alpha value is -0.800. The molecule has 1 fully saturated rings. The Morgan fingerprint density at radius 2 is 2.12 bits per heavy atom. The summed E-state index contributed by atoms with van der Waals surface area (Å²) in [5.74, 6) is 0.735. The van der Waals surface area contributed by atoms with Crippen LogP contribution in [0.3, 0.4) is 0 Å². The number of benzene rings is 1. The van der Waals surface area contributed by atoms with Crippen LogP contribution in [0, 0.1) is 11.7 Å². The first-order valence-electron chi connectivity index (χ1n) is 5.31. The van der Waals surface area contributed by atoms with Crippen molar-refractivity contribution >= 4 is 12.4 Å². The molecule has 0 amide bonds. The van der Waals surface area contributed by atoms with Crippen LogP contribution >= 0.6 is 12.4 Å². The monoisotopic (exact) mass is 245 g/mol. The summed E-state index contributed by atoms with van der Waals surface area (Å²) in [7, 11) is 1.53. The van der Waals surface area contributed by atoms with E-state index in [2.05, 4.69) is 0 Å². The molecule has 0 aliphatic heterocycles. The van der Waals surface area contributed by atoms with Crippen LogP contribution in [0.2, 0.25) is 0 Å². The van der Waals surface area contributed by atoms with Crippen LogP contribution in [-0.2, 0) is 0 Å². The van der Waals surface area contributed by atoms with E-state index in [0.717, 1.165) is 12.8 Å². The molecule has 90 valence electrons. The first-order valence-corrected chi connectivity index (χ1v) is 5.31. The molecular weight excluding hydrogens is 229 g/mol. The Balaban J connectivity index is 0.00000128.